The smallest absolute Gasteiger partial charge is 0.244 e. The topological polar surface area (TPSA) is 84.9 Å². The summed E-state index contributed by atoms with van der Waals surface area (Å²) >= 11 is 5.84. The van der Waals surface area contributed by atoms with E-state index in [-0.39, 0.29) is 17.1 Å². The summed E-state index contributed by atoms with van der Waals surface area (Å²) in [6.45, 7) is 4.40. The van der Waals surface area contributed by atoms with Crippen LogP contribution >= 0.6 is 11.6 Å². The van der Waals surface area contributed by atoms with Gasteiger partial charge in [-0.05, 0) is 49.2 Å². The van der Waals surface area contributed by atoms with Gasteiger partial charge in [-0.15, -0.1) is 0 Å². The van der Waals surface area contributed by atoms with Crippen LogP contribution in [0.3, 0.4) is 0 Å². The van der Waals surface area contributed by atoms with E-state index in [2.05, 4.69) is 5.32 Å². The lowest BCUT2D eigenvalue weighted by Crippen LogP contribution is -2.49. The van der Waals surface area contributed by atoms with Gasteiger partial charge in [0.2, 0.25) is 15.9 Å². The number of hydrogen-bond donors (Lipinski definition) is 1. The first-order valence-corrected chi connectivity index (χ1v) is 12.0. The molecule has 31 heavy (non-hydrogen) atoms. The van der Waals surface area contributed by atoms with Crippen molar-refractivity contribution in [3.05, 3.63) is 52.8 Å². The molecule has 168 valence electrons. The molecular weight excluding hydrogens is 447 g/mol. The first-order chi connectivity index (χ1) is 14.6. The van der Waals surface area contributed by atoms with Gasteiger partial charge in [-0.1, -0.05) is 24.6 Å². The van der Waals surface area contributed by atoms with Crippen LogP contribution in [0.5, 0.6) is 11.5 Å². The van der Waals surface area contributed by atoms with Crippen LogP contribution in [0.15, 0.2) is 36.4 Å². The van der Waals surface area contributed by atoms with E-state index < -0.39 is 33.8 Å². The largest absolute Gasteiger partial charge is 0.486 e. The first kappa shape index (κ1) is 23.1. The van der Waals surface area contributed by atoms with Gasteiger partial charge in [0.25, 0.3) is 0 Å². The number of anilines is 1. The third-order valence-electron chi connectivity index (χ3n) is 4.91. The molecule has 2 aromatic carbocycles. The van der Waals surface area contributed by atoms with Crippen molar-refractivity contribution in [3.8, 4) is 11.5 Å². The SMILES string of the molecule is CC[C@@H](C(=O)N[C@H](C)c1ccc2c(c1)OCCO2)N(c1ccc(F)c(Cl)c1)S(C)(=O)=O. The van der Waals surface area contributed by atoms with Crippen LogP contribution in [0.2, 0.25) is 5.02 Å². The highest BCUT2D eigenvalue weighted by molar-refractivity contribution is 7.92. The first-order valence-electron chi connectivity index (χ1n) is 9.76. The molecule has 10 heteroatoms. The van der Waals surface area contributed by atoms with Gasteiger partial charge in [0.15, 0.2) is 11.5 Å². The molecule has 0 aliphatic carbocycles. The normalized spacial score (nSPS) is 15.1. The lowest BCUT2D eigenvalue weighted by atomic mass is 10.1. The quantitative estimate of drug-likeness (QED) is 0.667. The Kier molecular flexibility index (Phi) is 6.96. The fourth-order valence-corrected chi connectivity index (χ4v) is 4.78. The maximum absolute atomic E-state index is 13.6. The molecule has 0 spiro atoms. The number of nitrogens with zero attached hydrogens (tertiary/aromatic N) is 1. The van der Waals surface area contributed by atoms with Gasteiger partial charge in [0, 0.05) is 0 Å². The Hall–Kier alpha value is -2.52. The minimum Gasteiger partial charge on any atom is -0.486 e. The van der Waals surface area contributed by atoms with Crippen LogP contribution in [-0.2, 0) is 14.8 Å². The standard InChI is InChI=1S/C21H24ClFN2O5S/c1-4-18(25(31(3,27)28)15-6-7-17(23)16(22)12-15)21(26)24-13(2)14-5-8-19-20(11-14)30-10-9-29-19/h5-8,11-13,18H,4,9-10H2,1-3H3,(H,24,26)/t13-,18+/m1/s1. The molecule has 7 nitrogen and oxygen atoms in total. The van der Waals surface area contributed by atoms with Gasteiger partial charge >= 0.3 is 0 Å². The molecule has 0 bridgehead atoms. The summed E-state index contributed by atoms with van der Waals surface area (Å²) in [5.41, 5.74) is 0.895. The summed E-state index contributed by atoms with van der Waals surface area (Å²) in [6, 6.07) is 7.44. The predicted molar refractivity (Wildman–Crippen MR) is 117 cm³/mol. The molecule has 3 rings (SSSR count). The number of carbonyl (C=O) groups excluding carboxylic acids is 1. The zero-order valence-corrected chi connectivity index (χ0v) is 19.0. The number of nitrogens with one attached hydrogen (secondary N) is 1. The van der Waals surface area contributed by atoms with E-state index in [0.717, 1.165) is 22.2 Å². The molecule has 0 fully saturated rings. The van der Waals surface area contributed by atoms with Crippen molar-refractivity contribution < 1.29 is 27.1 Å². The van der Waals surface area contributed by atoms with Crippen LogP contribution in [0.4, 0.5) is 10.1 Å². The number of fused-ring (bicyclic) bond motifs is 1. The number of carbonyl (C=O) groups is 1. The summed E-state index contributed by atoms with van der Waals surface area (Å²) in [5, 5.41) is 2.62. The zero-order chi connectivity index (χ0) is 22.8. The molecular formula is C21H24ClFN2O5S. The lowest BCUT2D eigenvalue weighted by molar-refractivity contribution is -0.122. The summed E-state index contributed by atoms with van der Waals surface area (Å²) in [5.74, 6) is 0.0615. The summed E-state index contributed by atoms with van der Waals surface area (Å²) < 4.78 is 50.7. The molecule has 0 radical (unpaired) electrons. The Morgan fingerprint density at radius 3 is 2.48 bits per heavy atom. The molecule has 1 aliphatic rings. The zero-order valence-electron chi connectivity index (χ0n) is 17.4. The summed E-state index contributed by atoms with van der Waals surface area (Å²) in [4.78, 5) is 13.1. The highest BCUT2D eigenvalue weighted by Crippen LogP contribution is 2.33. The van der Waals surface area contributed by atoms with Gasteiger partial charge in [0.05, 0.1) is 23.0 Å². The van der Waals surface area contributed by atoms with Gasteiger partial charge in [-0.2, -0.15) is 0 Å². The second-order valence-electron chi connectivity index (χ2n) is 7.21. The van der Waals surface area contributed by atoms with E-state index in [0.29, 0.717) is 24.7 Å². The second-order valence-corrected chi connectivity index (χ2v) is 9.48. The summed E-state index contributed by atoms with van der Waals surface area (Å²) in [7, 11) is -3.86. The monoisotopic (exact) mass is 470 g/mol. The Balaban J connectivity index is 1.85. The van der Waals surface area contributed by atoms with Crippen molar-refractivity contribution >= 4 is 33.2 Å². The minimum atomic E-state index is -3.86. The highest BCUT2D eigenvalue weighted by atomic mass is 35.5. The Morgan fingerprint density at radius 1 is 1.19 bits per heavy atom. The third kappa shape index (κ3) is 5.22. The average molecular weight is 471 g/mol. The van der Waals surface area contributed by atoms with Gasteiger partial charge in [-0.3, -0.25) is 9.10 Å². The van der Waals surface area contributed by atoms with Gasteiger partial charge < -0.3 is 14.8 Å². The van der Waals surface area contributed by atoms with Crippen molar-refractivity contribution in [2.45, 2.75) is 32.4 Å². The molecule has 1 amide bonds. The molecule has 0 saturated heterocycles. The molecule has 0 saturated carbocycles. The van der Waals surface area contributed by atoms with Crippen LogP contribution < -0.4 is 19.1 Å². The van der Waals surface area contributed by atoms with Crippen molar-refractivity contribution in [3.63, 3.8) is 0 Å². The van der Waals surface area contributed by atoms with Crippen LogP contribution in [0.1, 0.15) is 31.9 Å². The lowest BCUT2D eigenvalue weighted by Gasteiger charge is -2.31. The summed E-state index contributed by atoms with van der Waals surface area (Å²) in [6.07, 6.45) is 1.19. The minimum absolute atomic E-state index is 0.114. The average Bonchev–Trinajstić information content (AvgIpc) is 2.72. The van der Waals surface area contributed by atoms with Gasteiger partial charge in [0.1, 0.15) is 25.1 Å². The molecule has 0 aromatic heterocycles. The molecule has 1 heterocycles. The van der Waals surface area contributed by atoms with E-state index in [9.17, 15) is 17.6 Å². The van der Waals surface area contributed by atoms with Crippen molar-refractivity contribution in [2.75, 3.05) is 23.8 Å². The van der Waals surface area contributed by atoms with E-state index in [1.165, 1.54) is 12.1 Å². The number of sulfonamides is 1. The second kappa shape index (κ2) is 9.32. The van der Waals surface area contributed by atoms with E-state index >= 15 is 0 Å². The Bertz CT molecular complexity index is 1080. The van der Waals surface area contributed by atoms with Crippen LogP contribution in [-0.4, -0.2) is 39.8 Å². The fourth-order valence-electron chi connectivity index (χ4n) is 3.40. The van der Waals surface area contributed by atoms with E-state index in [1.54, 1.807) is 26.0 Å². The molecule has 0 unspecified atom stereocenters. The molecule has 1 N–H and O–H groups in total. The van der Waals surface area contributed by atoms with Crippen molar-refractivity contribution in [1.82, 2.24) is 5.32 Å². The number of halogens is 2. The Labute approximate surface area is 186 Å². The van der Waals surface area contributed by atoms with Crippen LogP contribution in [0, 0.1) is 5.82 Å². The molecule has 2 aromatic rings. The number of amides is 1. The Morgan fingerprint density at radius 2 is 1.87 bits per heavy atom. The van der Waals surface area contributed by atoms with Crippen molar-refractivity contribution in [1.29, 1.82) is 0 Å². The maximum Gasteiger partial charge on any atom is 0.244 e. The number of benzene rings is 2. The van der Waals surface area contributed by atoms with E-state index in [1.807, 2.05) is 6.07 Å². The van der Waals surface area contributed by atoms with E-state index in [4.69, 9.17) is 21.1 Å². The number of hydrogen-bond acceptors (Lipinski definition) is 5. The van der Waals surface area contributed by atoms with Crippen LogP contribution in [0.25, 0.3) is 0 Å². The molecule has 2 atom stereocenters. The molecule has 1 aliphatic heterocycles. The van der Waals surface area contributed by atoms with Gasteiger partial charge in [-0.25, -0.2) is 12.8 Å². The highest BCUT2D eigenvalue weighted by Gasteiger charge is 2.32. The maximum atomic E-state index is 13.6. The third-order valence-corrected chi connectivity index (χ3v) is 6.38. The van der Waals surface area contributed by atoms with Crippen molar-refractivity contribution in [2.24, 2.45) is 0 Å². The number of rotatable bonds is 7. The number of ether oxygens (including phenoxy) is 2. The fraction of sp³-hybridized carbons (Fsp3) is 0.381. The predicted octanol–water partition coefficient (Wildman–Crippen LogP) is 3.67.